The van der Waals surface area contributed by atoms with E-state index in [1.54, 1.807) is 0 Å². The summed E-state index contributed by atoms with van der Waals surface area (Å²) >= 11 is 1.87. The summed E-state index contributed by atoms with van der Waals surface area (Å²) in [6.07, 6.45) is 2.74. The minimum absolute atomic E-state index is 0.545. The van der Waals surface area contributed by atoms with Gasteiger partial charge in [-0.2, -0.15) is 0 Å². The fraction of sp³-hybridized carbons (Fsp3) is 0.412. The van der Waals surface area contributed by atoms with Crippen LogP contribution in [0.5, 0.6) is 0 Å². The predicted molar refractivity (Wildman–Crippen MR) is 87.4 cm³/mol. The lowest BCUT2D eigenvalue weighted by atomic mass is 10.1. The zero-order valence-corrected chi connectivity index (χ0v) is 13.0. The Kier molecular flexibility index (Phi) is 4.08. The van der Waals surface area contributed by atoms with Crippen molar-refractivity contribution in [1.29, 1.82) is 0 Å². The van der Waals surface area contributed by atoms with Crippen molar-refractivity contribution >= 4 is 17.0 Å². The molecule has 2 aromatic rings. The van der Waals surface area contributed by atoms with E-state index < -0.39 is 0 Å². The minimum atomic E-state index is 0.545. The second-order valence-electron chi connectivity index (χ2n) is 5.77. The lowest BCUT2D eigenvalue weighted by Crippen LogP contribution is -2.21. The summed E-state index contributed by atoms with van der Waals surface area (Å²) in [5.41, 5.74) is 2.61. The van der Waals surface area contributed by atoms with Crippen LogP contribution in [0.25, 0.3) is 0 Å². The van der Waals surface area contributed by atoms with Gasteiger partial charge in [-0.1, -0.05) is 18.2 Å². The number of hydrogen-bond acceptors (Lipinski definition) is 3. The number of nitrogens with zero attached hydrogens (tertiary/aromatic N) is 1. The molecule has 0 saturated heterocycles. The second-order valence-corrected chi connectivity index (χ2v) is 6.75. The molecule has 0 amide bonds. The largest absolute Gasteiger partial charge is 0.378 e. The van der Waals surface area contributed by atoms with E-state index in [2.05, 4.69) is 66.1 Å². The molecule has 3 rings (SSSR count). The summed E-state index contributed by atoms with van der Waals surface area (Å²) in [5.74, 6) is 0.842. The Hall–Kier alpha value is -1.32. The highest BCUT2D eigenvalue weighted by molar-refractivity contribution is 7.10. The molecule has 1 aliphatic rings. The Morgan fingerprint density at radius 1 is 1.20 bits per heavy atom. The van der Waals surface area contributed by atoms with Crippen LogP contribution in [-0.4, -0.2) is 14.1 Å². The predicted octanol–water partition coefficient (Wildman–Crippen LogP) is 4.06. The van der Waals surface area contributed by atoms with Crippen molar-refractivity contribution in [2.75, 3.05) is 19.0 Å². The van der Waals surface area contributed by atoms with Gasteiger partial charge >= 0.3 is 0 Å². The number of nitrogens with one attached hydrogen (secondary N) is 1. The van der Waals surface area contributed by atoms with Crippen LogP contribution in [0.3, 0.4) is 0 Å². The SMILES string of the molecule is CN(C)c1ccc(CNC(c2cccs2)C2CC2)cc1. The fourth-order valence-corrected chi connectivity index (χ4v) is 3.43. The van der Waals surface area contributed by atoms with Gasteiger partial charge in [0.25, 0.3) is 0 Å². The standard InChI is InChI=1S/C17H22N2S/c1-19(2)15-9-5-13(6-10-15)12-18-17(14-7-8-14)16-4-3-11-20-16/h3-6,9-11,14,17-18H,7-8,12H2,1-2H3. The normalized spacial score (nSPS) is 16.1. The van der Waals surface area contributed by atoms with Crippen molar-refractivity contribution in [1.82, 2.24) is 5.32 Å². The van der Waals surface area contributed by atoms with Gasteiger partial charge < -0.3 is 10.2 Å². The highest BCUT2D eigenvalue weighted by Crippen LogP contribution is 2.42. The first kappa shape index (κ1) is 13.7. The quantitative estimate of drug-likeness (QED) is 0.861. The molecule has 3 heteroatoms. The van der Waals surface area contributed by atoms with Crippen molar-refractivity contribution in [3.05, 3.63) is 52.2 Å². The number of anilines is 1. The summed E-state index contributed by atoms with van der Waals surface area (Å²) < 4.78 is 0. The molecule has 1 saturated carbocycles. The third-order valence-electron chi connectivity index (χ3n) is 3.92. The van der Waals surface area contributed by atoms with Crippen LogP contribution >= 0.6 is 11.3 Å². The summed E-state index contributed by atoms with van der Waals surface area (Å²) in [6.45, 7) is 0.951. The summed E-state index contributed by atoms with van der Waals surface area (Å²) in [6, 6.07) is 13.8. The lowest BCUT2D eigenvalue weighted by molar-refractivity contribution is 0.487. The molecule has 1 aromatic carbocycles. The van der Waals surface area contributed by atoms with E-state index in [0.717, 1.165) is 12.5 Å². The lowest BCUT2D eigenvalue weighted by Gasteiger charge is -2.18. The Morgan fingerprint density at radius 3 is 2.50 bits per heavy atom. The minimum Gasteiger partial charge on any atom is -0.378 e. The maximum Gasteiger partial charge on any atom is 0.0446 e. The molecule has 0 aliphatic heterocycles. The van der Waals surface area contributed by atoms with Gasteiger partial charge in [-0.25, -0.2) is 0 Å². The average Bonchev–Trinajstić information content (AvgIpc) is 3.14. The molecule has 1 N–H and O–H groups in total. The van der Waals surface area contributed by atoms with Crippen LogP contribution in [0.1, 0.15) is 29.3 Å². The van der Waals surface area contributed by atoms with Gasteiger partial charge in [0.2, 0.25) is 0 Å². The van der Waals surface area contributed by atoms with Crippen LogP contribution in [0.2, 0.25) is 0 Å². The zero-order valence-electron chi connectivity index (χ0n) is 12.2. The van der Waals surface area contributed by atoms with Gasteiger partial charge in [0.05, 0.1) is 0 Å². The smallest absolute Gasteiger partial charge is 0.0446 e. The highest BCUT2D eigenvalue weighted by atomic mass is 32.1. The van der Waals surface area contributed by atoms with E-state index in [-0.39, 0.29) is 0 Å². The third kappa shape index (κ3) is 3.22. The Morgan fingerprint density at radius 2 is 1.95 bits per heavy atom. The summed E-state index contributed by atoms with van der Waals surface area (Å²) in [5, 5.41) is 5.92. The van der Waals surface area contributed by atoms with Crippen molar-refractivity contribution in [3.8, 4) is 0 Å². The first-order valence-electron chi connectivity index (χ1n) is 7.27. The van der Waals surface area contributed by atoms with Gasteiger partial charge in [0.1, 0.15) is 0 Å². The molecular weight excluding hydrogens is 264 g/mol. The second kappa shape index (κ2) is 5.98. The van der Waals surface area contributed by atoms with E-state index in [9.17, 15) is 0 Å². The molecule has 0 radical (unpaired) electrons. The molecule has 0 bridgehead atoms. The molecule has 1 unspecified atom stereocenters. The molecule has 2 nitrogen and oxygen atoms in total. The van der Waals surface area contributed by atoms with Gasteiger partial charge in [-0.3, -0.25) is 0 Å². The number of hydrogen-bond donors (Lipinski definition) is 1. The molecule has 0 spiro atoms. The maximum atomic E-state index is 3.75. The van der Waals surface area contributed by atoms with Crippen molar-refractivity contribution in [2.24, 2.45) is 5.92 Å². The first-order chi connectivity index (χ1) is 9.74. The van der Waals surface area contributed by atoms with E-state index >= 15 is 0 Å². The zero-order chi connectivity index (χ0) is 13.9. The topological polar surface area (TPSA) is 15.3 Å². The van der Waals surface area contributed by atoms with E-state index in [0.29, 0.717) is 6.04 Å². The van der Waals surface area contributed by atoms with Crippen LogP contribution in [0.4, 0.5) is 5.69 Å². The third-order valence-corrected chi connectivity index (χ3v) is 4.88. The van der Waals surface area contributed by atoms with Crippen LogP contribution in [-0.2, 0) is 6.54 Å². The number of benzene rings is 1. The molecular formula is C17H22N2S. The van der Waals surface area contributed by atoms with Gasteiger partial charge in [-0.15, -0.1) is 11.3 Å². The van der Waals surface area contributed by atoms with Crippen molar-refractivity contribution in [3.63, 3.8) is 0 Å². The van der Waals surface area contributed by atoms with Crippen LogP contribution in [0.15, 0.2) is 41.8 Å². The van der Waals surface area contributed by atoms with Gasteiger partial charge in [-0.05, 0) is 47.9 Å². The van der Waals surface area contributed by atoms with E-state index in [1.165, 1.54) is 29.0 Å². The maximum absolute atomic E-state index is 3.75. The highest BCUT2D eigenvalue weighted by Gasteiger charge is 2.32. The Labute approximate surface area is 125 Å². The average molecular weight is 286 g/mol. The number of thiophene rings is 1. The van der Waals surface area contributed by atoms with E-state index in [4.69, 9.17) is 0 Å². The Bertz CT molecular complexity index is 527. The monoisotopic (exact) mass is 286 g/mol. The summed E-state index contributed by atoms with van der Waals surface area (Å²) in [7, 11) is 4.15. The van der Waals surface area contributed by atoms with Crippen molar-refractivity contribution < 1.29 is 0 Å². The van der Waals surface area contributed by atoms with Gasteiger partial charge in [0.15, 0.2) is 0 Å². The van der Waals surface area contributed by atoms with Gasteiger partial charge in [0, 0.05) is 37.2 Å². The van der Waals surface area contributed by atoms with Crippen LogP contribution < -0.4 is 10.2 Å². The molecule has 1 heterocycles. The molecule has 1 fully saturated rings. The molecule has 1 aliphatic carbocycles. The molecule has 106 valence electrons. The molecule has 1 atom stereocenters. The summed E-state index contributed by atoms with van der Waals surface area (Å²) in [4.78, 5) is 3.62. The first-order valence-corrected chi connectivity index (χ1v) is 8.15. The molecule has 20 heavy (non-hydrogen) atoms. The van der Waals surface area contributed by atoms with E-state index in [1.807, 2.05) is 11.3 Å². The molecule has 1 aromatic heterocycles. The van der Waals surface area contributed by atoms with Crippen LogP contribution in [0, 0.1) is 5.92 Å². The number of rotatable bonds is 6. The fourth-order valence-electron chi connectivity index (χ4n) is 2.54. The van der Waals surface area contributed by atoms with Crippen molar-refractivity contribution in [2.45, 2.75) is 25.4 Å². The Balaban J connectivity index is 1.62.